The van der Waals surface area contributed by atoms with Crippen molar-refractivity contribution < 1.29 is 0 Å². The summed E-state index contributed by atoms with van der Waals surface area (Å²) >= 11 is 0. The van der Waals surface area contributed by atoms with Gasteiger partial charge in [-0.05, 0) is 85.7 Å². The van der Waals surface area contributed by atoms with Crippen molar-refractivity contribution in [2.75, 3.05) is 0 Å². The zero-order chi connectivity index (χ0) is 37.5. The molecule has 55 heavy (non-hydrogen) atoms. The van der Waals surface area contributed by atoms with E-state index in [-0.39, 0.29) is 5.41 Å². The largest absolute Gasteiger partial charge is 0.334 e. The molecule has 10 rings (SSSR count). The Morgan fingerprint density at radius 3 is 1.62 bits per heavy atom. The molecule has 8 aromatic rings. The number of benzene rings is 6. The van der Waals surface area contributed by atoms with Gasteiger partial charge in [-0.2, -0.15) is 0 Å². The van der Waals surface area contributed by atoms with E-state index in [9.17, 15) is 0 Å². The standard InChI is InChI=1S/C52H43N3/c1-34-19-18-30-44-48(34)40-26-14-17-29-43(40)51(44,36-22-10-7-11-23-36)45-31-37(50(2,3)4)32-46(53-45)52(47-33-55(5)49(54-47)35-20-8-6-9-21-35)41-27-15-12-24-38(41)39-25-13-16-28-42(39)52/h6-33H,1-5H3. The molecule has 266 valence electrons. The molecule has 0 saturated heterocycles. The fourth-order valence-electron chi connectivity index (χ4n) is 9.70. The van der Waals surface area contributed by atoms with Gasteiger partial charge in [0.15, 0.2) is 0 Å². The van der Waals surface area contributed by atoms with Gasteiger partial charge in [0, 0.05) is 18.8 Å². The summed E-state index contributed by atoms with van der Waals surface area (Å²) in [6.45, 7) is 9.21. The van der Waals surface area contributed by atoms with Crippen molar-refractivity contribution in [3.05, 3.63) is 226 Å². The van der Waals surface area contributed by atoms with Gasteiger partial charge in [-0.3, -0.25) is 4.98 Å². The highest BCUT2D eigenvalue weighted by Gasteiger charge is 2.52. The molecule has 0 N–H and O–H groups in total. The second-order valence-corrected chi connectivity index (χ2v) is 16.3. The van der Waals surface area contributed by atoms with E-state index < -0.39 is 10.8 Å². The Labute approximate surface area is 324 Å². The van der Waals surface area contributed by atoms with E-state index in [0.717, 1.165) is 28.5 Å². The lowest BCUT2D eigenvalue weighted by atomic mass is 9.67. The average Bonchev–Trinajstić information content (AvgIpc) is 3.85. The Morgan fingerprint density at radius 2 is 1.00 bits per heavy atom. The summed E-state index contributed by atoms with van der Waals surface area (Å²) in [6, 6.07) is 59.9. The molecule has 0 saturated carbocycles. The number of imidazole rings is 1. The van der Waals surface area contributed by atoms with Crippen LogP contribution in [0.4, 0.5) is 0 Å². The van der Waals surface area contributed by atoms with Crippen LogP contribution in [0.2, 0.25) is 0 Å². The highest BCUT2D eigenvalue weighted by Crippen LogP contribution is 2.59. The maximum Gasteiger partial charge on any atom is 0.140 e. The molecule has 0 spiro atoms. The first-order valence-corrected chi connectivity index (χ1v) is 19.3. The molecule has 2 aliphatic carbocycles. The summed E-state index contributed by atoms with van der Waals surface area (Å²) in [7, 11) is 2.11. The number of nitrogens with zero attached hydrogens (tertiary/aromatic N) is 3. The highest BCUT2D eigenvalue weighted by atomic mass is 15.1. The first kappa shape index (κ1) is 33.3. The minimum atomic E-state index is -0.792. The molecule has 0 radical (unpaired) electrons. The second-order valence-electron chi connectivity index (χ2n) is 16.3. The fraction of sp³-hybridized carbons (Fsp3) is 0.154. The van der Waals surface area contributed by atoms with Crippen LogP contribution in [0.25, 0.3) is 33.6 Å². The summed E-state index contributed by atoms with van der Waals surface area (Å²) in [5.41, 5.74) is 16.1. The van der Waals surface area contributed by atoms with E-state index in [4.69, 9.17) is 9.97 Å². The smallest absolute Gasteiger partial charge is 0.140 e. The fourth-order valence-corrected chi connectivity index (χ4v) is 9.70. The van der Waals surface area contributed by atoms with Crippen LogP contribution in [0.1, 0.15) is 76.8 Å². The minimum Gasteiger partial charge on any atom is -0.334 e. The topological polar surface area (TPSA) is 30.7 Å². The Morgan fingerprint density at radius 1 is 0.491 bits per heavy atom. The van der Waals surface area contributed by atoms with E-state index in [2.05, 4.69) is 209 Å². The minimum absolute atomic E-state index is 0.185. The summed E-state index contributed by atoms with van der Waals surface area (Å²) in [5, 5.41) is 0. The Kier molecular flexibility index (Phi) is 7.32. The van der Waals surface area contributed by atoms with Crippen LogP contribution in [0.15, 0.2) is 170 Å². The quantitative estimate of drug-likeness (QED) is 0.178. The first-order chi connectivity index (χ1) is 26.7. The van der Waals surface area contributed by atoms with Gasteiger partial charge in [0.2, 0.25) is 0 Å². The van der Waals surface area contributed by atoms with Crippen molar-refractivity contribution in [1.82, 2.24) is 14.5 Å². The third-order valence-electron chi connectivity index (χ3n) is 12.2. The lowest BCUT2D eigenvalue weighted by Crippen LogP contribution is -2.35. The number of hydrogen-bond donors (Lipinski definition) is 0. The first-order valence-electron chi connectivity index (χ1n) is 19.3. The van der Waals surface area contributed by atoms with Crippen LogP contribution < -0.4 is 0 Å². The lowest BCUT2D eigenvalue weighted by molar-refractivity contribution is 0.577. The van der Waals surface area contributed by atoms with Gasteiger partial charge >= 0.3 is 0 Å². The van der Waals surface area contributed by atoms with Crippen molar-refractivity contribution in [3.63, 3.8) is 0 Å². The molecule has 0 amide bonds. The zero-order valence-electron chi connectivity index (χ0n) is 32.0. The number of hydrogen-bond acceptors (Lipinski definition) is 2. The van der Waals surface area contributed by atoms with Gasteiger partial charge in [0.05, 0.1) is 22.5 Å². The number of pyridine rings is 1. The van der Waals surface area contributed by atoms with Gasteiger partial charge in [0.1, 0.15) is 11.2 Å². The van der Waals surface area contributed by atoms with E-state index in [1.165, 1.54) is 61.2 Å². The van der Waals surface area contributed by atoms with Crippen LogP contribution in [0.5, 0.6) is 0 Å². The van der Waals surface area contributed by atoms with Gasteiger partial charge < -0.3 is 4.57 Å². The molecular weight excluding hydrogens is 667 g/mol. The molecule has 0 aliphatic heterocycles. The molecule has 2 heterocycles. The van der Waals surface area contributed by atoms with E-state index in [1.54, 1.807) is 0 Å². The molecule has 0 bridgehead atoms. The van der Waals surface area contributed by atoms with Gasteiger partial charge in [-0.25, -0.2) is 4.98 Å². The van der Waals surface area contributed by atoms with Crippen LogP contribution in [0, 0.1) is 6.92 Å². The number of rotatable bonds is 5. The SMILES string of the molecule is Cc1cccc2c1-c1ccccc1C2(c1ccccc1)c1cc(C(C)(C)C)cc(C2(c3cn(C)c(-c4ccccc4)n3)c3ccccc3-c3ccccc32)n1. The number of fused-ring (bicyclic) bond motifs is 6. The molecule has 3 heteroatoms. The van der Waals surface area contributed by atoms with Crippen molar-refractivity contribution in [2.24, 2.45) is 7.05 Å². The Hall–Kier alpha value is -6.32. The monoisotopic (exact) mass is 709 g/mol. The molecular formula is C52H43N3. The summed E-state index contributed by atoms with van der Waals surface area (Å²) in [5.74, 6) is 0.930. The van der Waals surface area contributed by atoms with Crippen LogP contribution >= 0.6 is 0 Å². The second kappa shape index (κ2) is 12.1. The van der Waals surface area contributed by atoms with Crippen molar-refractivity contribution in [2.45, 2.75) is 43.9 Å². The highest BCUT2D eigenvalue weighted by molar-refractivity contribution is 5.89. The number of aryl methyl sites for hydroxylation is 2. The molecule has 2 aliphatic rings. The third kappa shape index (κ3) is 4.62. The molecule has 0 fully saturated rings. The molecule has 1 unspecified atom stereocenters. The summed E-state index contributed by atoms with van der Waals surface area (Å²) in [4.78, 5) is 11.7. The number of aromatic nitrogens is 3. The van der Waals surface area contributed by atoms with Crippen molar-refractivity contribution in [1.29, 1.82) is 0 Å². The Bertz CT molecular complexity index is 2720. The molecule has 2 aromatic heterocycles. The van der Waals surface area contributed by atoms with E-state index >= 15 is 0 Å². The molecule has 3 nitrogen and oxygen atoms in total. The van der Waals surface area contributed by atoms with Gasteiger partial charge in [0.25, 0.3) is 0 Å². The van der Waals surface area contributed by atoms with Crippen LogP contribution in [0.3, 0.4) is 0 Å². The van der Waals surface area contributed by atoms with E-state index in [0.29, 0.717) is 0 Å². The maximum absolute atomic E-state index is 6.10. The van der Waals surface area contributed by atoms with Crippen molar-refractivity contribution >= 4 is 0 Å². The van der Waals surface area contributed by atoms with Crippen molar-refractivity contribution in [3.8, 4) is 33.6 Å². The van der Waals surface area contributed by atoms with Crippen LogP contribution in [-0.4, -0.2) is 14.5 Å². The molecule has 1 atom stereocenters. The summed E-state index contributed by atoms with van der Waals surface area (Å²) in [6.07, 6.45) is 2.24. The zero-order valence-corrected chi connectivity index (χ0v) is 32.0. The van der Waals surface area contributed by atoms with Gasteiger partial charge in [-0.1, -0.05) is 172 Å². The molecule has 6 aromatic carbocycles. The lowest BCUT2D eigenvalue weighted by Gasteiger charge is -2.37. The van der Waals surface area contributed by atoms with Crippen LogP contribution in [-0.2, 0) is 23.3 Å². The summed E-state index contributed by atoms with van der Waals surface area (Å²) < 4.78 is 2.18. The predicted octanol–water partition coefficient (Wildman–Crippen LogP) is 11.8. The predicted molar refractivity (Wildman–Crippen MR) is 224 cm³/mol. The average molecular weight is 710 g/mol. The third-order valence-corrected chi connectivity index (χ3v) is 12.2. The Balaban J connectivity index is 1.38. The normalized spacial score (nSPS) is 16.3. The van der Waals surface area contributed by atoms with Gasteiger partial charge in [-0.15, -0.1) is 0 Å². The maximum atomic E-state index is 6.10. The van der Waals surface area contributed by atoms with E-state index in [1.807, 2.05) is 0 Å².